The monoisotopic (exact) mass is 503 g/mol. The van der Waals surface area contributed by atoms with E-state index >= 15 is 0 Å². The Bertz CT molecular complexity index is 1430. The Morgan fingerprint density at radius 1 is 0.800 bits per heavy atom. The fourth-order valence-corrected chi connectivity index (χ4v) is 3.79. The van der Waals surface area contributed by atoms with Crippen LogP contribution in [-0.4, -0.2) is 16.9 Å². The largest absolute Gasteiger partial charge is 0.451 e. The zero-order valence-corrected chi connectivity index (χ0v) is 20.6. The second-order valence-corrected chi connectivity index (χ2v) is 8.70. The van der Waals surface area contributed by atoms with Crippen LogP contribution >= 0.6 is 23.8 Å². The quantitative estimate of drug-likeness (QED) is 0.267. The van der Waals surface area contributed by atoms with E-state index in [9.17, 15) is 9.59 Å². The molecule has 4 rings (SSSR count). The van der Waals surface area contributed by atoms with E-state index in [4.69, 9.17) is 28.2 Å². The Labute approximate surface area is 213 Å². The molecule has 0 bridgehead atoms. The van der Waals surface area contributed by atoms with E-state index in [0.717, 1.165) is 11.1 Å². The van der Waals surface area contributed by atoms with Gasteiger partial charge in [-0.3, -0.25) is 14.9 Å². The van der Waals surface area contributed by atoms with Crippen LogP contribution in [0.4, 0.5) is 11.4 Å². The number of halogens is 1. The average Bonchev–Trinajstić information content (AvgIpc) is 3.32. The van der Waals surface area contributed by atoms with Gasteiger partial charge in [-0.2, -0.15) is 0 Å². The third-order valence-corrected chi connectivity index (χ3v) is 5.88. The van der Waals surface area contributed by atoms with Gasteiger partial charge in [0.05, 0.1) is 10.6 Å². The molecule has 0 radical (unpaired) electrons. The molecule has 3 N–H and O–H groups in total. The molecule has 0 saturated heterocycles. The molecule has 35 heavy (non-hydrogen) atoms. The van der Waals surface area contributed by atoms with Gasteiger partial charge in [-0.05, 0) is 85.7 Å². The lowest BCUT2D eigenvalue weighted by molar-refractivity contribution is 0.0950. The SMILES string of the molecule is Cc1ccc(-c2ccc(C(=O)NC(=S)Nc3cccc(NC(=O)c4ccccc4Cl)c3)o2)cc1C. The van der Waals surface area contributed by atoms with E-state index in [2.05, 4.69) is 16.0 Å². The number of aryl methyl sites for hydroxylation is 2. The number of hydrogen-bond donors (Lipinski definition) is 3. The normalized spacial score (nSPS) is 10.5. The van der Waals surface area contributed by atoms with E-state index in [1.165, 1.54) is 5.56 Å². The zero-order chi connectivity index (χ0) is 24.9. The molecule has 2 amide bonds. The number of furan rings is 1. The molecule has 8 heteroatoms. The van der Waals surface area contributed by atoms with Gasteiger partial charge >= 0.3 is 0 Å². The minimum atomic E-state index is -0.472. The van der Waals surface area contributed by atoms with Crippen molar-refractivity contribution < 1.29 is 14.0 Å². The van der Waals surface area contributed by atoms with Gasteiger partial charge in [-0.15, -0.1) is 0 Å². The van der Waals surface area contributed by atoms with Crippen molar-refractivity contribution in [3.8, 4) is 11.3 Å². The van der Waals surface area contributed by atoms with Crippen LogP contribution in [0.15, 0.2) is 83.3 Å². The summed E-state index contributed by atoms with van der Waals surface area (Å²) in [5.74, 6) is -0.0657. The topological polar surface area (TPSA) is 83.4 Å². The van der Waals surface area contributed by atoms with Gasteiger partial charge in [-0.25, -0.2) is 0 Å². The molecule has 0 aliphatic carbocycles. The number of carbonyl (C=O) groups is 2. The van der Waals surface area contributed by atoms with Crippen LogP contribution in [0.2, 0.25) is 5.02 Å². The van der Waals surface area contributed by atoms with Crippen molar-refractivity contribution in [2.75, 3.05) is 10.6 Å². The minimum Gasteiger partial charge on any atom is -0.451 e. The average molecular weight is 504 g/mol. The van der Waals surface area contributed by atoms with Crippen LogP contribution in [0.1, 0.15) is 32.0 Å². The molecule has 176 valence electrons. The maximum absolute atomic E-state index is 12.6. The Balaban J connectivity index is 1.38. The second-order valence-electron chi connectivity index (χ2n) is 7.89. The van der Waals surface area contributed by atoms with Gasteiger partial charge in [0.1, 0.15) is 5.76 Å². The van der Waals surface area contributed by atoms with Crippen LogP contribution in [-0.2, 0) is 0 Å². The van der Waals surface area contributed by atoms with Crippen LogP contribution in [0.3, 0.4) is 0 Å². The van der Waals surface area contributed by atoms with E-state index in [-0.39, 0.29) is 16.8 Å². The smallest absolute Gasteiger partial charge is 0.293 e. The lowest BCUT2D eigenvalue weighted by Gasteiger charge is -2.11. The number of amides is 2. The molecular formula is C27H22ClN3O3S. The van der Waals surface area contributed by atoms with Crippen molar-refractivity contribution in [2.45, 2.75) is 13.8 Å². The number of hydrogen-bond acceptors (Lipinski definition) is 4. The molecule has 1 aromatic heterocycles. The van der Waals surface area contributed by atoms with E-state index in [1.54, 1.807) is 60.7 Å². The number of nitrogens with one attached hydrogen (secondary N) is 3. The predicted molar refractivity (Wildman–Crippen MR) is 143 cm³/mol. The summed E-state index contributed by atoms with van der Waals surface area (Å²) in [6, 6.07) is 23.1. The highest BCUT2D eigenvalue weighted by atomic mass is 35.5. The first-order valence-corrected chi connectivity index (χ1v) is 11.5. The van der Waals surface area contributed by atoms with Gasteiger partial charge in [0.25, 0.3) is 11.8 Å². The summed E-state index contributed by atoms with van der Waals surface area (Å²) in [4.78, 5) is 25.1. The first kappa shape index (κ1) is 24.2. The molecular weight excluding hydrogens is 482 g/mol. The molecule has 0 spiro atoms. The summed E-state index contributed by atoms with van der Waals surface area (Å²) in [5.41, 5.74) is 4.71. The molecule has 0 aliphatic heterocycles. The zero-order valence-electron chi connectivity index (χ0n) is 19.0. The number of anilines is 2. The van der Waals surface area contributed by atoms with Gasteiger partial charge in [0.15, 0.2) is 10.9 Å². The Morgan fingerprint density at radius 2 is 1.54 bits per heavy atom. The molecule has 3 aromatic carbocycles. The van der Waals surface area contributed by atoms with Crippen molar-refractivity contribution >= 4 is 52.1 Å². The van der Waals surface area contributed by atoms with Gasteiger partial charge in [0, 0.05) is 16.9 Å². The van der Waals surface area contributed by atoms with Crippen molar-refractivity contribution in [3.05, 3.63) is 106 Å². The number of carbonyl (C=O) groups excluding carboxylic acids is 2. The summed E-state index contributed by atoms with van der Waals surface area (Å²) in [5, 5.41) is 8.80. The molecule has 0 fully saturated rings. The fraction of sp³-hybridized carbons (Fsp3) is 0.0741. The second kappa shape index (κ2) is 10.5. The summed E-state index contributed by atoms with van der Waals surface area (Å²) in [6.45, 7) is 4.06. The van der Waals surface area contributed by atoms with Crippen molar-refractivity contribution in [1.29, 1.82) is 0 Å². The Kier molecular flexibility index (Phi) is 7.29. The van der Waals surface area contributed by atoms with Gasteiger partial charge in [-0.1, -0.05) is 41.9 Å². The molecule has 6 nitrogen and oxygen atoms in total. The number of thiocarbonyl (C=S) groups is 1. The Morgan fingerprint density at radius 3 is 2.29 bits per heavy atom. The number of benzene rings is 3. The third-order valence-electron chi connectivity index (χ3n) is 5.35. The molecule has 1 heterocycles. The first-order chi connectivity index (χ1) is 16.8. The molecule has 4 aromatic rings. The van der Waals surface area contributed by atoms with Gasteiger partial charge < -0.3 is 15.1 Å². The van der Waals surface area contributed by atoms with E-state index < -0.39 is 5.91 Å². The summed E-state index contributed by atoms with van der Waals surface area (Å²) in [7, 11) is 0. The highest BCUT2D eigenvalue weighted by molar-refractivity contribution is 7.80. The fourth-order valence-electron chi connectivity index (χ4n) is 3.36. The Hall–Kier alpha value is -3.94. The molecule has 0 aliphatic rings. The predicted octanol–water partition coefficient (Wildman–Crippen LogP) is 6.60. The summed E-state index contributed by atoms with van der Waals surface area (Å²) in [6.07, 6.45) is 0. The maximum Gasteiger partial charge on any atom is 0.293 e. The standard InChI is InChI=1S/C27H22ClN3O3S/c1-16-10-11-18(14-17(16)2)23-12-13-24(34-23)26(33)31-27(35)30-20-7-5-6-19(15-20)29-25(32)21-8-3-4-9-22(21)28/h3-15H,1-2H3,(H,29,32)(H2,30,31,33,35). The molecule has 0 unspecified atom stereocenters. The van der Waals surface area contributed by atoms with Gasteiger partial charge in [0.2, 0.25) is 0 Å². The lowest BCUT2D eigenvalue weighted by Crippen LogP contribution is -2.33. The van der Waals surface area contributed by atoms with Crippen molar-refractivity contribution in [3.63, 3.8) is 0 Å². The van der Waals surface area contributed by atoms with Crippen LogP contribution < -0.4 is 16.0 Å². The maximum atomic E-state index is 12.6. The van der Waals surface area contributed by atoms with Crippen LogP contribution in [0, 0.1) is 13.8 Å². The van der Waals surface area contributed by atoms with E-state index in [1.807, 2.05) is 32.0 Å². The highest BCUT2D eigenvalue weighted by Crippen LogP contribution is 2.24. The van der Waals surface area contributed by atoms with E-state index in [0.29, 0.717) is 27.7 Å². The lowest BCUT2D eigenvalue weighted by atomic mass is 10.1. The number of rotatable bonds is 5. The van der Waals surface area contributed by atoms with Crippen molar-refractivity contribution in [1.82, 2.24) is 5.32 Å². The third kappa shape index (κ3) is 5.95. The van der Waals surface area contributed by atoms with Crippen LogP contribution in [0.25, 0.3) is 11.3 Å². The molecule has 0 atom stereocenters. The molecule has 0 saturated carbocycles. The highest BCUT2D eigenvalue weighted by Gasteiger charge is 2.15. The summed E-state index contributed by atoms with van der Waals surface area (Å²) >= 11 is 11.4. The first-order valence-electron chi connectivity index (χ1n) is 10.8. The minimum absolute atomic E-state index is 0.0914. The van der Waals surface area contributed by atoms with Crippen molar-refractivity contribution in [2.24, 2.45) is 0 Å². The summed E-state index contributed by atoms with van der Waals surface area (Å²) < 4.78 is 5.73. The van der Waals surface area contributed by atoms with Crippen LogP contribution in [0.5, 0.6) is 0 Å².